The third kappa shape index (κ3) is 64.1. The van der Waals surface area contributed by atoms with E-state index in [-0.39, 0.29) is 31.1 Å². The lowest BCUT2D eigenvalue weighted by atomic mass is 10.0. The lowest BCUT2D eigenvalue weighted by molar-refractivity contribution is -0.167. The highest BCUT2D eigenvalue weighted by molar-refractivity contribution is 5.71. The van der Waals surface area contributed by atoms with Crippen LogP contribution in [0.3, 0.4) is 0 Å². The molecule has 0 aliphatic rings. The first kappa shape index (κ1) is 74.4. The molecule has 0 radical (unpaired) electrons. The van der Waals surface area contributed by atoms with Crippen LogP contribution in [0.5, 0.6) is 0 Å². The van der Waals surface area contributed by atoms with Crippen LogP contribution >= 0.6 is 0 Å². The summed E-state index contributed by atoms with van der Waals surface area (Å²) >= 11 is 0. The maximum Gasteiger partial charge on any atom is 0.306 e. The molecule has 450 valence electrons. The Kier molecular flexibility index (Phi) is 63.6. The lowest BCUT2D eigenvalue weighted by Gasteiger charge is -2.18. The molecule has 0 aromatic carbocycles. The van der Waals surface area contributed by atoms with E-state index in [0.29, 0.717) is 19.3 Å². The van der Waals surface area contributed by atoms with Gasteiger partial charge in [0.05, 0.1) is 0 Å². The number of esters is 3. The molecule has 0 aromatic heterocycles. The Morgan fingerprint density at radius 3 is 0.766 bits per heavy atom. The predicted octanol–water partition coefficient (Wildman–Crippen LogP) is 23.3. The van der Waals surface area contributed by atoms with E-state index in [1.165, 1.54) is 250 Å². The predicted molar refractivity (Wildman–Crippen MR) is 335 cm³/mol. The largest absolute Gasteiger partial charge is 0.462 e. The fourth-order valence-electron chi connectivity index (χ4n) is 10.2. The molecule has 0 spiro atoms. The highest BCUT2D eigenvalue weighted by Gasteiger charge is 2.19. The zero-order chi connectivity index (χ0) is 55.7. The fourth-order valence-corrected chi connectivity index (χ4v) is 10.2. The molecule has 0 rings (SSSR count). The summed E-state index contributed by atoms with van der Waals surface area (Å²) in [6.45, 7) is 6.65. The monoisotopic (exact) mass is 1080 g/mol. The number of hydrogen-bond donors (Lipinski definition) is 0. The normalized spacial score (nSPS) is 12.3. The molecule has 1 atom stereocenters. The first-order valence-electron chi connectivity index (χ1n) is 34.1. The summed E-state index contributed by atoms with van der Waals surface area (Å²) in [4.78, 5) is 38.3. The van der Waals surface area contributed by atoms with Gasteiger partial charge >= 0.3 is 17.9 Å². The Morgan fingerprint density at radius 1 is 0.260 bits per heavy atom. The number of rotatable bonds is 63. The fraction of sp³-hybridized carbons (Fsp3) is 0.845. The second kappa shape index (κ2) is 65.9. The molecule has 0 saturated heterocycles. The number of hydrogen-bond acceptors (Lipinski definition) is 6. The molecule has 0 N–H and O–H groups in total. The van der Waals surface area contributed by atoms with Gasteiger partial charge in [0.1, 0.15) is 13.2 Å². The van der Waals surface area contributed by atoms with Gasteiger partial charge in [-0.15, -0.1) is 0 Å². The molecule has 6 heteroatoms. The Labute approximate surface area is 479 Å². The van der Waals surface area contributed by atoms with Crippen LogP contribution in [0.1, 0.15) is 367 Å². The molecule has 77 heavy (non-hydrogen) atoms. The Bertz CT molecular complexity index is 1330. The Hall–Kier alpha value is -2.63. The topological polar surface area (TPSA) is 78.9 Å². The van der Waals surface area contributed by atoms with Crippen molar-refractivity contribution in [1.29, 1.82) is 0 Å². The number of carbonyl (C=O) groups is 3. The van der Waals surface area contributed by atoms with Crippen LogP contribution in [0.15, 0.2) is 48.6 Å². The molecule has 0 aromatic rings. The minimum atomic E-state index is -0.773. The first-order chi connectivity index (χ1) is 38.0. The third-order valence-electron chi connectivity index (χ3n) is 15.3. The van der Waals surface area contributed by atoms with E-state index in [1.54, 1.807) is 0 Å². The highest BCUT2D eigenvalue weighted by atomic mass is 16.6. The number of unbranched alkanes of at least 4 members (excludes halogenated alkanes) is 44. The van der Waals surface area contributed by atoms with Gasteiger partial charge in [-0.25, -0.2) is 0 Å². The van der Waals surface area contributed by atoms with Crippen molar-refractivity contribution in [2.75, 3.05) is 13.2 Å². The quantitative estimate of drug-likeness (QED) is 0.0261. The molecule has 0 aliphatic carbocycles. The Balaban J connectivity index is 4.14. The lowest BCUT2D eigenvalue weighted by Crippen LogP contribution is -2.30. The molecular weight excluding hydrogens is 949 g/mol. The van der Waals surface area contributed by atoms with E-state index < -0.39 is 6.10 Å². The maximum absolute atomic E-state index is 12.9. The average molecular weight is 1080 g/mol. The van der Waals surface area contributed by atoms with E-state index in [4.69, 9.17) is 14.2 Å². The maximum atomic E-state index is 12.9. The van der Waals surface area contributed by atoms with Crippen molar-refractivity contribution in [2.24, 2.45) is 0 Å². The van der Waals surface area contributed by atoms with Crippen molar-refractivity contribution in [1.82, 2.24) is 0 Å². The van der Waals surface area contributed by atoms with E-state index in [0.717, 1.165) is 77.0 Å². The van der Waals surface area contributed by atoms with Gasteiger partial charge in [-0.3, -0.25) is 14.4 Å². The Morgan fingerprint density at radius 2 is 0.468 bits per heavy atom. The number of carbonyl (C=O) groups excluding carboxylic acids is 3. The molecule has 0 amide bonds. The van der Waals surface area contributed by atoms with Crippen LogP contribution in [0, 0.1) is 0 Å². The van der Waals surface area contributed by atoms with E-state index in [9.17, 15) is 14.4 Å². The summed E-state index contributed by atoms with van der Waals surface area (Å²) in [5.74, 6) is -0.857. The molecule has 0 bridgehead atoms. The van der Waals surface area contributed by atoms with Gasteiger partial charge in [-0.1, -0.05) is 313 Å². The summed E-state index contributed by atoms with van der Waals surface area (Å²) in [6.07, 6.45) is 82.8. The summed E-state index contributed by atoms with van der Waals surface area (Å²) in [5, 5.41) is 0. The third-order valence-corrected chi connectivity index (χ3v) is 15.3. The van der Waals surface area contributed by atoms with Gasteiger partial charge in [0, 0.05) is 19.3 Å². The molecular formula is C71H130O6. The van der Waals surface area contributed by atoms with Crippen molar-refractivity contribution >= 4 is 17.9 Å². The SMILES string of the molecule is CCCCC/C=C\CCCCCCCC(=O)OCC(COC(=O)CCCCCCCCCCCCCCCCCC/C=C\C/C=C\C/C=C\CCCCCCC)OC(=O)CCCCCCCCCCCCCCCCCC. The minimum absolute atomic E-state index is 0.0707. The van der Waals surface area contributed by atoms with Gasteiger partial charge in [-0.05, 0) is 83.5 Å². The van der Waals surface area contributed by atoms with Gasteiger partial charge in [0.15, 0.2) is 6.10 Å². The molecule has 0 aliphatic heterocycles. The van der Waals surface area contributed by atoms with Crippen LogP contribution in [0.25, 0.3) is 0 Å². The molecule has 0 saturated carbocycles. The van der Waals surface area contributed by atoms with Crippen LogP contribution in [-0.4, -0.2) is 37.2 Å². The first-order valence-corrected chi connectivity index (χ1v) is 34.1. The van der Waals surface area contributed by atoms with Crippen LogP contribution in [-0.2, 0) is 28.6 Å². The van der Waals surface area contributed by atoms with E-state index >= 15 is 0 Å². The van der Waals surface area contributed by atoms with Crippen molar-refractivity contribution in [2.45, 2.75) is 374 Å². The van der Waals surface area contributed by atoms with Crippen LogP contribution in [0.2, 0.25) is 0 Å². The van der Waals surface area contributed by atoms with Crippen molar-refractivity contribution in [3.05, 3.63) is 48.6 Å². The summed E-state index contributed by atoms with van der Waals surface area (Å²) in [5.41, 5.74) is 0. The van der Waals surface area contributed by atoms with E-state index in [1.807, 2.05) is 0 Å². The van der Waals surface area contributed by atoms with Gasteiger partial charge in [-0.2, -0.15) is 0 Å². The molecule has 0 fully saturated rings. The van der Waals surface area contributed by atoms with Gasteiger partial charge in [0.25, 0.3) is 0 Å². The average Bonchev–Trinajstić information content (AvgIpc) is 3.43. The summed E-state index contributed by atoms with van der Waals surface area (Å²) in [7, 11) is 0. The second-order valence-electron chi connectivity index (χ2n) is 23.1. The van der Waals surface area contributed by atoms with Crippen molar-refractivity contribution < 1.29 is 28.6 Å². The van der Waals surface area contributed by atoms with Gasteiger partial charge in [0.2, 0.25) is 0 Å². The minimum Gasteiger partial charge on any atom is -0.462 e. The molecule has 1 unspecified atom stereocenters. The van der Waals surface area contributed by atoms with Gasteiger partial charge < -0.3 is 14.2 Å². The summed E-state index contributed by atoms with van der Waals surface area (Å²) < 4.78 is 16.9. The zero-order valence-electron chi connectivity index (χ0n) is 51.7. The highest BCUT2D eigenvalue weighted by Crippen LogP contribution is 2.18. The van der Waals surface area contributed by atoms with Crippen LogP contribution < -0.4 is 0 Å². The van der Waals surface area contributed by atoms with E-state index in [2.05, 4.69) is 69.4 Å². The number of ether oxygens (including phenoxy) is 3. The number of allylic oxidation sites excluding steroid dienone is 8. The van der Waals surface area contributed by atoms with Crippen molar-refractivity contribution in [3.8, 4) is 0 Å². The second-order valence-corrected chi connectivity index (χ2v) is 23.1. The molecule has 6 nitrogen and oxygen atoms in total. The van der Waals surface area contributed by atoms with Crippen molar-refractivity contribution in [3.63, 3.8) is 0 Å². The van der Waals surface area contributed by atoms with Crippen LogP contribution in [0.4, 0.5) is 0 Å². The zero-order valence-corrected chi connectivity index (χ0v) is 51.7. The standard InChI is InChI=1S/C71H130O6/c1-4-7-10-13-16-19-22-25-27-29-30-31-32-33-34-35-36-37-38-39-40-41-42-43-45-46-49-52-55-58-61-64-70(73)76-67-68(66-75-69(72)63-60-57-54-51-48-24-21-18-15-12-9-6-3)77-71(74)65-62-59-56-53-50-47-44-28-26-23-20-17-14-11-8-5-2/h18,21-22,25,29-30,32-33,68H,4-17,19-20,23-24,26-28,31,34-67H2,1-3H3/b21-18-,25-22-,30-29-,33-32-. The smallest absolute Gasteiger partial charge is 0.306 e. The summed E-state index contributed by atoms with van der Waals surface area (Å²) in [6, 6.07) is 0. The molecule has 0 heterocycles.